The normalized spacial score (nSPS) is 10.5. The molecule has 0 aromatic heterocycles. The lowest BCUT2D eigenvalue weighted by Gasteiger charge is -2.07. The highest BCUT2D eigenvalue weighted by atomic mass is 19.1. The number of ketones is 1. The summed E-state index contributed by atoms with van der Waals surface area (Å²) in [7, 11) is 0. The van der Waals surface area contributed by atoms with E-state index in [1.807, 2.05) is 0 Å². The molecule has 0 bridgehead atoms. The molecule has 19 heavy (non-hydrogen) atoms. The van der Waals surface area contributed by atoms with Crippen LogP contribution < -0.4 is 5.73 Å². The first kappa shape index (κ1) is 13.1. The van der Waals surface area contributed by atoms with Crippen molar-refractivity contribution in [3.63, 3.8) is 0 Å². The molecule has 0 aliphatic rings. The summed E-state index contributed by atoms with van der Waals surface area (Å²) in [6.45, 7) is 0. The molecule has 0 atom stereocenters. The number of anilines is 1. The Morgan fingerprint density at radius 2 is 1.58 bits per heavy atom. The molecule has 2 aromatic rings. The van der Waals surface area contributed by atoms with Crippen LogP contribution in [0, 0.1) is 23.3 Å². The van der Waals surface area contributed by atoms with Gasteiger partial charge in [0.2, 0.25) is 5.78 Å². The summed E-state index contributed by atoms with van der Waals surface area (Å²) in [5.74, 6) is -5.77. The van der Waals surface area contributed by atoms with Gasteiger partial charge in [0.1, 0.15) is 17.5 Å². The minimum atomic E-state index is -1.31. The van der Waals surface area contributed by atoms with Crippen molar-refractivity contribution in [3.05, 3.63) is 64.7 Å². The highest BCUT2D eigenvalue weighted by Crippen LogP contribution is 2.23. The van der Waals surface area contributed by atoms with Gasteiger partial charge >= 0.3 is 0 Å². The summed E-state index contributed by atoms with van der Waals surface area (Å²) in [6, 6.07) is 3.77. The van der Waals surface area contributed by atoms with Crippen molar-refractivity contribution in [1.82, 2.24) is 0 Å². The molecule has 0 saturated heterocycles. The Bertz CT molecular complexity index is 670. The van der Waals surface area contributed by atoms with Crippen LogP contribution in [0.4, 0.5) is 23.2 Å². The molecule has 2 aromatic carbocycles. The van der Waals surface area contributed by atoms with Crippen LogP contribution in [-0.2, 0) is 0 Å². The molecule has 0 aliphatic heterocycles. The van der Waals surface area contributed by atoms with Crippen molar-refractivity contribution in [2.24, 2.45) is 0 Å². The van der Waals surface area contributed by atoms with Crippen molar-refractivity contribution in [2.45, 2.75) is 0 Å². The number of hydrogen-bond acceptors (Lipinski definition) is 2. The van der Waals surface area contributed by atoms with Crippen LogP contribution in [-0.4, -0.2) is 5.78 Å². The van der Waals surface area contributed by atoms with Gasteiger partial charge in [0.25, 0.3) is 0 Å². The predicted molar refractivity (Wildman–Crippen MR) is 60.6 cm³/mol. The van der Waals surface area contributed by atoms with Crippen LogP contribution in [0.5, 0.6) is 0 Å². The Morgan fingerprint density at radius 1 is 0.947 bits per heavy atom. The average molecular weight is 269 g/mol. The Labute approximate surface area is 105 Å². The van der Waals surface area contributed by atoms with Gasteiger partial charge in [-0.15, -0.1) is 0 Å². The van der Waals surface area contributed by atoms with Gasteiger partial charge in [0, 0.05) is 0 Å². The minimum absolute atomic E-state index is 0.457. The fraction of sp³-hybridized carbons (Fsp3) is 0. The van der Waals surface area contributed by atoms with Crippen molar-refractivity contribution in [3.8, 4) is 0 Å². The van der Waals surface area contributed by atoms with Crippen molar-refractivity contribution in [1.29, 1.82) is 0 Å². The molecule has 2 N–H and O–H groups in total. The third-order valence-electron chi connectivity index (χ3n) is 2.52. The molecule has 2 nitrogen and oxygen atoms in total. The van der Waals surface area contributed by atoms with E-state index >= 15 is 0 Å². The van der Waals surface area contributed by atoms with E-state index in [1.54, 1.807) is 0 Å². The molecule has 0 radical (unpaired) electrons. The number of hydrogen-bond donors (Lipinski definition) is 1. The molecule has 0 aliphatic carbocycles. The summed E-state index contributed by atoms with van der Waals surface area (Å²) < 4.78 is 53.5. The molecule has 0 fully saturated rings. The van der Waals surface area contributed by atoms with Crippen LogP contribution in [0.25, 0.3) is 0 Å². The van der Waals surface area contributed by atoms with E-state index in [0.717, 1.165) is 18.2 Å². The van der Waals surface area contributed by atoms with Gasteiger partial charge in [-0.05, 0) is 30.3 Å². The quantitative estimate of drug-likeness (QED) is 0.517. The molecule has 2 rings (SSSR count). The number of halogens is 4. The lowest BCUT2D eigenvalue weighted by Crippen LogP contribution is -2.11. The minimum Gasteiger partial charge on any atom is -0.396 e. The van der Waals surface area contributed by atoms with Crippen LogP contribution in [0.1, 0.15) is 15.9 Å². The third kappa shape index (κ3) is 2.29. The first-order chi connectivity index (χ1) is 8.91. The topological polar surface area (TPSA) is 43.1 Å². The summed E-state index contributed by atoms with van der Waals surface area (Å²) in [5.41, 5.74) is 2.98. The maximum Gasteiger partial charge on any atom is 0.202 e. The second kappa shape index (κ2) is 4.72. The van der Waals surface area contributed by atoms with E-state index in [4.69, 9.17) is 5.73 Å². The lowest BCUT2D eigenvalue weighted by molar-refractivity contribution is 0.102. The number of nitrogen functional groups attached to an aromatic ring is 1. The number of carbonyl (C=O) groups is 1. The molecule has 0 saturated carbocycles. The van der Waals surface area contributed by atoms with Gasteiger partial charge in [-0.2, -0.15) is 0 Å². The maximum absolute atomic E-state index is 13.6. The van der Waals surface area contributed by atoms with Gasteiger partial charge in [-0.3, -0.25) is 4.79 Å². The van der Waals surface area contributed by atoms with Crippen molar-refractivity contribution in [2.75, 3.05) is 5.73 Å². The predicted octanol–water partition coefficient (Wildman–Crippen LogP) is 3.06. The number of carbonyl (C=O) groups excluding carboxylic acids is 1. The molecule has 0 unspecified atom stereocenters. The maximum atomic E-state index is 13.6. The fourth-order valence-corrected chi connectivity index (χ4v) is 1.58. The van der Waals surface area contributed by atoms with E-state index in [2.05, 4.69) is 0 Å². The van der Waals surface area contributed by atoms with Crippen LogP contribution in [0.2, 0.25) is 0 Å². The molecule has 98 valence electrons. The highest BCUT2D eigenvalue weighted by Gasteiger charge is 2.23. The molecule has 0 amide bonds. The van der Waals surface area contributed by atoms with Crippen molar-refractivity contribution < 1.29 is 22.4 Å². The van der Waals surface area contributed by atoms with Gasteiger partial charge in [0.05, 0.1) is 16.8 Å². The average Bonchev–Trinajstić information content (AvgIpc) is 2.37. The standard InChI is InChI=1S/C13H7F4NO/c14-6-1-2-8(15)7(5-6)13(19)11-9(16)3-4-10(18)12(11)17/h1-5H,18H2. The van der Waals surface area contributed by atoms with Gasteiger partial charge < -0.3 is 5.73 Å². The van der Waals surface area contributed by atoms with E-state index in [-0.39, 0.29) is 0 Å². The second-order valence-electron chi connectivity index (χ2n) is 3.78. The Balaban J connectivity index is 2.63. The molecule has 0 spiro atoms. The monoisotopic (exact) mass is 269 g/mol. The molecular weight excluding hydrogens is 262 g/mol. The van der Waals surface area contributed by atoms with Gasteiger partial charge in [-0.1, -0.05) is 0 Å². The second-order valence-corrected chi connectivity index (χ2v) is 3.78. The third-order valence-corrected chi connectivity index (χ3v) is 2.52. The summed E-state index contributed by atoms with van der Waals surface area (Å²) >= 11 is 0. The van der Waals surface area contributed by atoms with E-state index in [1.165, 1.54) is 0 Å². The zero-order valence-electron chi connectivity index (χ0n) is 9.38. The number of nitrogens with two attached hydrogens (primary N) is 1. The van der Waals surface area contributed by atoms with Gasteiger partial charge in [-0.25, -0.2) is 17.6 Å². The SMILES string of the molecule is Nc1ccc(F)c(C(=O)c2cc(F)ccc2F)c1F. The zero-order valence-corrected chi connectivity index (χ0v) is 9.38. The van der Waals surface area contributed by atoms with Gasteiger partial charge in [0.15, 0.2) is 5.82 Å². The van der Waals surface area contributed by atoms with E-state index < -0.39 is 45.9 Å². The largest absolute Gasteiger partial charge is 0.396 e. The first-order valence-corrected chi connectivity index (χ1v) is 5.15. The highest BCUT2D eigenvalue weighted by molar-refractivity contribution is 6.10. The van der Waals surface area contributed by atoms with Crippen molar-refractivity contribution >= 4 is 11.5 Å². The molecule has 6 heteroatoms. The Kier molecular flexibility index (Phi) is 3.25. The van der Waals surface area contributed by atoms with Crippen LogP contribution >= 0.6 is 0 Å². The zero-order chi connectivity index (χ0) is 14.2. The van der Waals surface area contributed by atoms with E-state index in [9.17, 15) is 22.4 Å². The Morgan fingerprint density at radius 3 is 2.26 bits per heavy atom. The van der Waals surface area contributed by atoms with Crippen LogP contribution in [0.3, 0.4) is 0 Å². The lowest BCUT2D eigenvalue weighted by atomic mass is 10.0. The summed E-state index contributed by atoms with van der Waals surface area (Å²) in [6.07, 6.45) is 0. The molecular formula is C13H7F4NO. The smallest absolute Gasteiger partial charge is 0.202 e. The summed E-state index contributed by atoms with van der Waals surface area (Å²) in [4.78, 5) is 11.9. The van der Waals surface area contributed by atoms with E-state index in [0.29, 0.717) is 12.1 Å². The number of benzene rings is 2. The number of rotatable bonds is 2. The van der Waals surface area contributed by atoms with Crippen LogP contribution in [0.15, 0.2) is 30.3 Å². The molecule has 0 heterocycles. The Hall–Kier alpha value is -2.37. The fourth-order valence-electron chi connectivity index (χ4n) is 1.58. The summed E-state index contributed by atoms with van der Waals surface area (Å²) in [5, 5.41) is 0. The first-order valence-electron chi connectivity index (χ1n) is 5.15.